The molecule has 1 aromatic heterocycles. The van der Waals surface area contributed by atoms with Gasteiger partial charge in [-0.15, -0.1) is 0 Å². The summed E-state index contributed by atoms with van der Waals surface area (Å²) >= 11 is 0. The Bertz CT molecular complexity index is 478. The van der Waals surface area contributed by atoms with Gasteiger partial charge in [-0.2, -0.15) is 0 Å². The SMILES string of the molecule is CNc1cc([N+](=O)[O-])cc(N2CC(C)CCC2C)n1. The van der Waals surface area contributed by atoms with Crippen LogP contribution in [0, 0.1) is 16.0 Å². The summed E-state index contributed by atoms with van der Waals surface area (Å²) < 4.78 is 0. The predicted molar refractivity (Wildman–Crippen MR) is 75.6 cm³/mol. The van der Waals surface area contributed by atoms with Crippen molar-refractivity contribution in [2.75, 3.05) is 23.8 Å². The highest BCUT2D eigenvalue weighted by atomic mass is 16.6. The molecule has 0 spiro atoms. The number of piperidine rings is 1. The second-order valence-electron chi connectivity index (χ2n) is 5.26. The molecule has 0 aliphatic carbocycles. The maximum absolute atomic E-state index is 11.0. The Labute approximate surface area is 113 Å². The lowest BCUT2D eigenvalue weighted by molar-refractivity contribution is -0.384. The third kappa shape index (κ3) is 2.94. The number of nitro groups is 1. The molecule has 6 nitrogen and oxygen atoms in total. The van der Waals surface area contributed by atoms with Gasteiger partial charge >= 0.3 is 0 Å². The zero-order chi connectivity index (χ0) is 14.0. The van der Waals surface area contributed by atoms with E-state index in [0.717, 1.165) is 13.0 Å². The molecule has 1 N–H and O–H groups in total. The summed E-state index contributed by atoms with van der Waals surface area (Å²) in [6.45, 7) is 5.25. The van der Waals surface area contributed by atoms with Crippen LogP contribution in [0.3, 0.4) is 0 Å². The van der Waals surface area contributed by atoms with Crippen molar-refractivity contribution in [3.8, 4) is 0 Å². The summed E-state index contributed by atoms with van der Waals surface area (Å²) in [5.74, 6) is 1.82. The Hall–Kier alpha value is -1.85. The van der Waals surface area contributed by atoms with E-state index < -0.39 is 0 Å². The highest BCUT2D eigenvalue weighted by Crippen LogP contribution is 2.29. The Morgan fingerprint density at radius 3 is 2.79 bits per heavy atom. The van der Waals surface area contributed by atoms with E-state index in [0.29, 0.717) is 23.6 Å². The molecule has 0 radical (unpaired) electrons. The number of hydrogen-bond donors (Lipinski definition) is 1. The largest absolute Gasteiger partial charge is 0.373 e. The van der Waals surface area contributed by atoms with Gasteiger partial charge in [0.25, 0.3) is 5.69 Å². The summed E-state index contributed by atoms with van der Waals surface area (Å²) in [7, 11) is 1.72. The molecule has 0 amide bonds. The standard InChI is InChI=1S/C13H20N4O2/c1-9-4-5-10(2)16(8-9)13-7-11(17(18)19)6-12(14-3)15-13/h6-7,9-10H,4-5,8H2,1-3H3,(H,14,15). The maximum atomic E-state index is 11.0. The van der Waals surface area contributed by atoms with Crippen molar-refractivity contribution in [1.29, 1.82) is 0 Å². The number of nitrogens with one attached hydrogen (secondary N) is 1. The zero-order valence-electron chi connectivity index (χ0n) is 11.6. The first kappa shape index (κ1) is 13.6. The number of hydrogen-bond acceptors (Lipinski definition) is 5. The fraction of sp³-hybridized carbons (Fsp3) is 0.615. The molecule has 1 saturated heterocycles. The fourth-order valence-electron chi connectivity index (χ4n) is 2.49. The van der Waals surface area contributed by atoms with Gasteiger partial charge in [-0.25, -0.2) is 4.98 Å². The molecule has 6 heteroatoms. The number of nitrogens with zero attached hydrogens (tertiary/aromatic N) is 3. The predicted octanol–water partition coefficient (Wildman–Crippen LogP) is 2.66. The second-order valence-corrected chi connectivity index (χ2v) is 5.26. The van der Waals surface area contributed by atoms with Crippen molar-refractivity contribution in [2.24, 2.45) is 5.92 Å². The van der Waals surface area contributed by atoms with Crippen LogP contribution in [0.1, 0.15) is 26.7 Å². The smallest absolute Gasteiger partial charge is 0.276 e. The first-order valence-corrected chi connectivity index (χ1v) is 6.62. The molecule has 2 atom stereocenters. The quantitative estimate of drug-likeness (QED) is 0.671. The molecule has 104 valence electrons. The number of aromatic nitrogens is 1. The number of pyridine rings is 1. The number of anilines is 2. The third-order valence-corrected chi connectivity index (χ3v) is 3.68. The molecule has 0 bridgehead atoms. The van der Waals surface area contributed by atoms with Gasteiger partial charge in [-0.3, -0.25) is 10.1 Å². The van der Waals surface area contributed by atoms with Gasteiger partial charge in [0.2, 0.25) is 0 Å². The number of rotatable bonds is 3. The van der Waals surface area contributed by atoms with Crippen LogP contribution in [0.25, 0.3) is 0 Å². The monoisotopic (exact) mass is 264 g/mol. The van der Waals surface area contributed by atoms with Crippen LogP contribution in [-0.2, 0) is 0 Å². The van der Waals surface area contributed by atoms with E-state index in [1.807, 2.05) is 0 Å². The summed E-state index contributed by atoms with van der Waals surface area (Å²) in [6.07, 6.45) is 2.30. The minimum atomic E-state index is -0.371. The van der Waals surface area contributed by atoms with E-state index >= 15 is 0 Å². The lowest BCUT2D eigenvalue weighted by Crippen LogP contribution is -2.41. The van der Waals surface area contributed by atoms with Gasteiger partial charge < -0.3 is 10.2 Å². The van der Waals surface area contributed by atoms with E-state index in [-0.39, 0.29) is 10.6 Å². The average Bonchev–Trinajstić information content (AvgIpc) is 2.40. The normalized spacial score (nSPS) is 23.2. The van der Waals surface area contributed by atoms with Crippen LogP contribution < -0.4 is 10.2 Å². The Morgan fingerprint density at radius 2 is 2.16 bits per heavy atom. The Kier molecular flexibility index (Phi) is 3.87. The molecule has 1 fully saturated rings. The van der Waals surface area contributed by atoms with Crippen LogP contribution >= 0.6 is 0 Å². The van der Waals surface area contributed by atoms with E-state index in [4.69, 9.17) is 0 Å². The zero-order valence-corrected chi connectivity index (χ0v) is 11.6. The van der Waals surface area contributed by atoms with Crippen molar-refractivity contribution in [3.63, 3.8) is 0 Å². The van der Waals surface area contributed by atoms with Gasteiger partial charge in [0.1, 0.15) is 11.6 Å². The first-order chi connectivity index (χ1) is 9.01. The van der Waals surface area contributed by atoms with E-state index in [9.17, 15) is 10.1 Å². The summed E-state index contributed by atoms with van der Waals surface area (Å²) in [5, 5.41) is 13.9. The minimum absolute atomic E-state index is 0.0831. The lowest BCUT2D eigenvalue weighted by atomic mass is 9.95. The highest BCUT2D eigenvalue weighted by Gasteiger charge is 2.25. The molecule has 1 aliphatic rings. The average molecular weight is 264 g/mol. The van der Waals surface area contributed by atoms with Crippen molar-refractivity contribution >= 4 is 17.3 Å². The molecule has 1 aromatic rings. The summed E-state index contributed by atoms with van der Waals surface area (Å²) in [5.41, 5.74) is 0.0831. The van der Waals surface area contributed by atoms with Crippen LogP contribution in [0.5, 0.6) is 0 Å². The molecule has 0 saturated carbocycles. The van der Waals surface area contributed by atoms with Gasteiger partial charge in [0.15, 0.2) is 0 Å². The topological polar surface area (TPSA) is 71.3 Å². The summed E-state index contributed by atoms with van der Waals surface area (Å²) in [6, 6.07) is 3.40. The molecule has 2 heterocycles. The first-order valence-electron chi connectivity index (χ1n) is 6.62. The van der Waals surface area contributed by atoms with Crippen LogP contribution in [0.15, 0.2) is 12.1 Å². The summed E-state index contributed by atoms with van der Waals surface area (Å²) in [4.78, 5) is 17.2. The van der Waals surface area contributed by atoms with E-state index in [1.165, 1.54) is 12.5 Å². The molecular formula is C13H20N4O2. The van der Waals surface area contributed by atoms with Gasteiger partial charge in [0.05, 0.1) is 17.1 Å². The molecule has 2 unspecified atom stereocenters. The molecule has 2 rings (SSSR count). The van der Waals surface area contributed by atoms with Gasteiger partial charge in [-0.1, -0.05) is 6.92 Å². The molecule has 1 aliphatic heterocycles. The van der Waals surface area contributed by atoms with Gasteiger partial charge in [0, 0.05) is 19.6 Å². The highest BCUT2D eigenvalue weighted by molar-refractivity contribution is 5.56. The van der Waals surface area contributed by atoms with Crippen LogP contribution in [0.2, 0.25) is 0 Å². The maximum Gasteiger partial charge on any atom is 0.276 e. The Balaban J connectivity index is 2.37. The molecular weight excluding hydrogens is 244 g/mol. The van der Waals surface area contributed by atoms with Gasteiger partial charge in [-0.05, 0) is 25.7 Å². The molecule has 19 heavy (non-hydrogen) atoms. The van der Waals surface area contributed by atoms with Crippen molar-refractivity contribution in [2.45, 2.75) is 32.7 Å². The second kappa shape index (κ2) is 5.42. The molecule has 0 aromatic carbocycles. The van der Waals surface area contributed by atoms with Crippen molar-refractivity contribution < 1.29 is 4.92 Å². The lowest BCUT2D eigenvalue weighted by Gasteiger charge is -2.37. The third-order valence-electron chi connectivity index (χ3n) is 3.68. The van der Waals surface area contributed by atoms with E-state index in [2.05, 4.69) is 29.0 Å². The van der Waals surface area contributed by atoms with E-state index in [1.54, 1.807) is 13.1 Å². The van der Waals surface area contributed by atoms with Crippen LogP contribution in [0.4, 0.5) is 17.3 Å². The van der Waals surface area contributed by atoms with Crippen LogP contribution in [-0.4, -0.2) is 29.5 Å². The van der Waals surface area contributed by atoms with Crippen molar-refractivity contribution in [3.05, 3.63) is 22.2 Å². The minimum Gasteiger partial charge on any atom is -0.373 e. The van der Waals surface area contributed by atoms with Crippen molar-refractivity contribution in [1.82, 2.24) is 4.98 Å². The Morgan fingerprint density at radius 1 is 1.42 bits per heavy atom. The fourth-order valence-corrected chi connectivity index (χ4v) is 2.49.